The summed E-state index contributed by atoms with van der Waals surface area (Å²) in [5.74, 6) is -0.243. The van der Waals surface area contributed by atoms with E-state index in [1.165, 1.54) is 0 Å². The van der Waals surface area contributed by atoms with Crippen LogP contribution >= 0.6 is 0 Å². The zero-order chi connectivity index (χ0) is 9.35. The molecule has 1 aliphatic rings. The minimum atomic E-state index is -0.405. The average Bonchev–Trinajstić information content (AvgIpc) is 1.76. The lowest BCUT2D eigenvalue weighted by Crippen LogP contribution is -2.38. The van der Waals surface area contributed by atoms with Crippen LogP contribution in [0.3, 0.4) is 0 Å². The van der Waals surface area contributed by atoms with Crippen molar-refractivity contribution in [1.82, 2.24) is 0 Å². The number of aliphatic hydroxyl groups is 1. The van der Waals surface area contributed by atoms with E-state index in [0.717, 1.165) is 0 Å². The summed E-state index contributed by atoms with van der Waals surface area (Å²) >= 11 is 0. The van der Waals surface area contributed by atoms with E-state index in [2.05, 4.69) is 0 Å². The maximum Gasteiger partial charge on any atom is 0.309 e. The Balaban J connectivity index is 2.30. The fourth-order valence-corrected chi connectivity index (χ4v) is 1.17. The van der Waals surface area contributed by atoms with Gasteiger partial charge in [-0.2, -0.15) is 0 Å². The normalized spacial score (nSPS) is 29.3. The molecule has 3 heteroatoms. The molecule has 0 atom stereocenters. The van der Waals surface area contributed by atoms with Gasteiger partial charge < -0.3 is 9.84 Å². The zero-order valence-electron chi connectivity index (χ0n) is 7.83. The lowest BCUT2D eigenvalue weighted by Gasteiger charge is -2.32. The quantitative estimate of drug-likeness (QED) is 0.602. The molecule has 0 aromatic rings. The lowest BCUT2D eigenvalue weighted by molar-refractivity contribution is -0.167. The van der Waals surface area contributed by atoms with Gasteiger partial charge in [0.1, 0.15) is 5.60 Å². The van der Waals surface area contributed by atoms with Crippen LogP contribution in [0.1, 0.15) is 33.6 Å². The highest BCUT2D eigenvalue weighted by atomic mass is 16.6. The monoisotopic (exact) mass is 172 g/mol. The van der Waals surface area contributed by atoms with Crippen molar-refractivity contribution in [1.29, 1.82) is 0 Å². The molecule has 0 amide bonds. The molecule has 3 nitrogen and oxygen atoms in total. The topological polar surface area (TPSA) is 46.5 Å². The van der Waals surface area contributed by atoms with E-state index in [4.69, 9.17) is 9.84 Å². The predicted octanol–water partition coefficient (Wildman–Crippen LogP) is 1.10. The van der Waals surface area contributed by atoms with E-state index in [1.807, 2.05) is 20.8 Å². The number of carbonyl (C=O) groups is 1. The summed E-state index contributed by atoms with van der Waals surface area (Å²) in [6.45, 7) is 5.54. The van der Waals surface area contributed by atoms with Gasteiger partial charge in [0.2, 0.25) is 0 Å². The number of esters is 1. The van der Waals surface area contributed by atoms with Crippen molar-refractivity contribution in [2.45, 2.75) is 45.3 Å². The zero-order valence-corrected chi connectivity index (χ0v) is 7.83. The Kier molecular flexibility index (Phi) is 2.42. The minimum absolute atomic E-state index is 0.0702. The molecular weight excluding hydrogens is 156 g/mol. The third kappa shape index (κ3) is 2.48. The van der Waals surface area contributed by atoms with E-state index in [-0.39, 0.29) is 18.0 Å². The van der Waals surface area contributed by atoms with Crippen LogP contribution in [0.5, 0.6) is 0 Å². The molecule has 0 aliphatic heterocycles. The van der Waals surface area contributed by atoms with Gasteiger partial charge in [0.15, 0.2) is 0 Å². The van der Waals surface area contributed by atoms with Gasteiger partial charge in [-0.15, -0.1) is 0 Å². The second kappa shape index (κ2) is 3.05. The van der Waals surface area contributed by atoms with Crippen molar-refractivity contribution in [2.75, 3.05) is 0 Å². The highest BCUT2D eigenvalue weighted by molar-refractivity contribution is 5.74. The van der Waals surface area contributed by atoms with Crippen LogP contribution in [0.15, 0.2) is 0 Å². The third-order valence-electron chi connectivity index (χ3n) is 1.85. The second-order valence-corrected chi connectivity index (χ2v) is 4.36. The van der Waals surface area contributed by atoms with E-state index in [0.29, 0.717) is 12.8 Å². The number of carbonyl (C=O) groups excluding carboxylic acids is 1. The van der Waals surface area contributed by atoms with Crippen LogP contribution in [0.2, 0.25) is 0 Å². The Morgan fingerprint density at radius 3 is 2.25 bits per heavy atom. The van der Waals surface area contributed by atoms with Crippen molar-refractivity contribution >= 4 is 5.97 Å². The molecule has 1 fully saturated rings. The van der Waals surface area contributed by atoms with Crippen molar-refractivity contribution < 1.29 is 14.6 Å². The fourth-order valence-electron chi connectivity index (χ4n) is 1.17. The molecule has 0 unspecified atom stereocenters. The Morgan fingerprint density at radius 1 is 1.42 bits per heavy atom. The molecule has 0 aromatic heterocycles. The fraction of sp³-hybridized carbons (Fsp3) is 0.889. The van der Waals surface area contributed by atoms with Crippen LogP contribution in [0.25, 0.3) is 0 Å². The van der Waals surface area contributed by atoms with Gasteiger partial charge in [0.05, 0.1) is 12.0 Å². The highest BCUT2D eigenvalue weighted by Crippen LogP contribution is 2.29. The molecule has 0 spiro atoms. The molecule has 0 aromatic carbocycles. The first-order chi connectivity index (χ1) is 5.38. The first kappa shape index (κ1) is 9.52. The minimum Gasteiger partial charge on any atom is -0.460 e. The third-order valence-corrected chi connectivity index (χ3v) is 1.85. The molecule has 1 rings (SSSR count). The van der Waals surface area contributed by atoms with Crippen LogP contribution < -0.4 is 0 Å². The maximum atomic E-state index is 11.3. The molecule has 1 aliphatic carbocycles. The van der Waals surface area contributed by atoms with Gasteiger partial charge in [0, 0.05) is 0 Å². The Hall–Kier alpha value is -0.570. The summed E-state index contributed by atoms with van der Waals surface area (Å²) in [4.78, 5) is 11.3. The van der Waals surface area contributed by atoms with Crippen molar-refractivity contribution in [2.24, 2.45) is 5.92 Å². The first-order valence-electron chi connectivity index (χ1n) is 4.29. The van der Waals surface area contributed by atoms with Crippen LogP contribution in [0, 0.1) is 5.92 Å². The van der Waals surface area contributed by atoms with Crippen molar-refractivity contribution in [3.05, 3.63) is 0 Å². The second-order valence-electron chi connectivity index (χ2n) is 4.36. The molecule has 70 valence electrons. The van der Waals surface area contributed by atoms with E-state index >= 15 is 0 Å². The Morgan fingerprint density at radius 2 is 1.92 bits per heavy atom. The van der Waals surface area contributed by atoms with Crippen molar-refractivity contribution in [3.63, 3.8) is 0 Å². The molecule has 0 saturated heterocycles. The van der Waals surface area contributed by atoms with Gasteiger partial charge >= 0.3 is 5.97 Å². The number of ether oxygens (including phenoxy) is 1. The van der Waals surface area contributed by atoms with Gasteiger partial charge in [-0.25, -0.2) is 0 Å². The molecular formula is C9H16O3. The summed E-state index contributed by atoms with van der Waals surface area (Å²) in [6.07, 6.45) is 0.839. The van der Waals surface area contributed by atoms with Gasteiger partial charge in [-0.1, -0.05) is 0 Å². The number of aliphatic hydroxyl groups excluding tert-OH is 1. The largest absolute Gasteiger partial charge is 0.460 e. The summed E-state index contributed by atoms with van der Waals surface area (Å²) in [7, 11) is 0. The molecule has 1 N–H and O–H groups in total. The molecule has 0 heterocycles. The maximum absolute atomic E-state index is 11.3. The first-order valence-corrected chi connectivity index (χ1v) is 4.29. The van der Waals surface area contributed by atoms with Gasteiger partial charge in [-0.05, 0) is 33.6 Å². The standard InChI is InChI=1S/C9H16O3/c1-9(2,3)12-8(11)6-4-7(10)5-6/h6-7,10H,4-5H2,1-3H3/t6-,7-. The average molecular weight is 172 g/mol. The smallest absolute Gasteiger partial charge is 0.309 e. The van der Waals surface area contributed by atoms with Crippen LogP contribution in [-0.2, 0) is 9.53 Å². The predicted molar refractivity (Wildman–Crippen MR) is 44.6 cm³/mol. The Bertz CT molecular complexity index is 175. The molecule has 12 heavy (non-hydrogen) atoms. The van der Waals surface area contributed by atoms with Gasteiger partial charge in [-0.3, -0.25) is 4.79 Å². The highest BCUT2D eigenvalue weighted by Gasteiger charge is 2.35. The van der Waals surface area contributed by atoms with E-state index < -0.39 is 5.60 Å². The number of hydrogen-bond acceptors (Lipinski definition) is 3. The SMILES string of the molecule is CC(C)(C)OC(=O)[C@H]1C[C@H](O)C1. The summed E-state index contributed by atoms with van der Waals surface area (Å²) in [5, 5.41) is 8.96. The Labute approximate surface area is 72.7 Å². The van der Waals surface area contributed by atoms with Crippen LogP contribution in [-0.4, -0.2) is 22.8 Å². The van der Waals surface area contributed by atoms with E-state index in [1.54, 1.807) is 0 Å². The number of hydrogen-bond donors (Lipinski definition) is 1. The molecule has 0 bridgehead atoms. The van der Waals surface area contributed by atoms with E-state index in [9.17, 15) is 4.79 Å². The molecule has 1 saturated carbocycles. The number of rotatable bonds is 1. The summed E-state index contributed by atoms with van der Waals surface area (Å²) < 4.78 is 5.14. The van der Waals surface area contributed by atoms with Crippen molar-refractivity contribution in [3.8, 4) is 0 Å². The summed E-state index contributed by atoms with van der Waals surface area (Å²) in [5.41, 5.74) is -0.405. The van der Waals surface area contributed by atoms with Crippen LogP contribution in [0.4, 0.5) is 0 Å². The van der Waals surface area contributed by atoms with Gasteiger partial charge in [0.25, 0.3) is 0 Å². The lowest BCUT2D eigenvalue weighted by atomic mass is 9.82. The molecule has 0 radical (unpaired) electrons. The summed E-state index contributed by atoms with van der Waals surface area (Å²) in [6, 6.07) is 0.